The van der Waals surface area contributed by atoms with Crippen LogP contribution in [0.25, 0.3) is 0 Å². The van der Waals surface area contributed by atoms with Gasteiger partial charge in [-0.3, -0.25) is 10.1 Å². The molecule has 5 heteroatoms. The highest BCUT2D eigenvalue weighted by atomic mass is 32.2. The molecule has 0 heterocycles. The van der Waals surface area contributed by atoms with Crippen molar-refractivity contribution in [2.24, 2.45) is 0 Å². The van der Waals surface area contributed by atoms with E-state index >= 15 is 0 Å². The number of nitro benzene ring substituents is 1. The Labute approximate surface area is 98.6 Å². The van der Waals surface area contributed by atoms with Crippen molar-refractivity contribution in [1.82, 2.24) is 5.32 Å². The van der Waals surface area contributed by atoms with Gasteiger partial charge in [0.1, 0.15) is 0 Å². The lowest BCUT2D eigenvalue weighted by Gasteiger charge is -2.02. The van der Waals surface area contributed by atoms with Gasteiger partial charge < -0.3 is 5.32 Å². The molecule has 1 aromatic carbocycles. The molecule has 2 rings (SSSR count). The first kappa shape index (κ1) is 11.4. The summed E-state index contributed by atoms with van der Waals surface area (Å²) in [7, 11) is 0. The Balaban J connectivity index is 1.73. The van der Waals surface area contributed by atoms with Crippen LogP contribution in [0, 0.1) is 10.1 Å². The van der Waals surface area contributed by atoms with E-state index in [-0.39, 0.29) is 10.6 Å². The monoisotopic (exact) mass is 238 g/mol. The van der Waals surface area contributed by atoms with Crippen LogP contribution in [0.5, 0.6) is 0 Å². The number of nitro groups is 1. The van der Waals surface area contributed by atoms with E-state index in [0.717, 1.165) is 23.2 Å². The summed E-state index contributed by atoms with van der Waals surface area (Å²) in [4.78, 5) is 11.2. The van der Waals surface area contributed by atoms with Gasteiger partial charge in [-0.15, -0.1) is 11.8 Å². The van der Waals surface area contributed by atoms with Crippen molar-refractivity contribution in [3.05, 3.63) is 34.4 Å². The molecule has 0 amide bonds. The standard InChI is InChI=1S/C11H14N2O2S/c14-13(15)10-3-5-11(6-4-10)16-8-7-12-9-1-2-9/h3-6,9,12H,1-2,7-8H2. The molecule has 1 fully saturated rings. The maximum absolute atomic E-state index is 10.4. The molecular weight excluding hydrogens is 224 g/mol. The molecule has 1 aliphatic carbocycles. The third kappa shape index (κ3) is 3.50. The Morgan fingerprint density at radius 2 is 2.06 bits per heavy atom. The quantitative estimate of drug-likeness (QED) is 0.358. The molecule has 0 aromatic heterocycles. The maximum atomic E-state index is 10.4. The molecule has 86 valence electrons. The molecule has 0 unspecified atom stereocenters. The van der Waals surface area contributed by atoms with Crippen molar-refractivity contribution in [3.8, 4) is 0 Å². The van der Waals surface area contributed by atoms with Gasteiger partial charge in [-0.05, 0) is 25.0 Å². The van der Waals surface area contributed by atoms with Crippen LogP contribution in [0.15, 0.2) is 29.2 Å². The summed E-state index contributed by atoms with van der Waals surface area (Å²) in [5.74, 6) is 1.01. The van der Waals surface area contributed by atoms with E-state index in [9.17, 15) is 10.1 Å². The average Bonchev–Trinajstić information content (AvgIpc) is 3.09. The van der Waals surface area contributed by atoms with Gasteiger partial charge in [-0.2, -0.15) is 0 Å². The first-order valence-electron chi connectivity index (χ1n) is 5.36. The molecule has 0 radical (unpaired) electrons. The molecule has 0 spiro atoms. The van der Waals surface area contributed by atoms with E-state index in [1.807, 2.05) is 0 Å². The van der Waals surface area contributed by atoms with Crippen LogP contribution in [-0.4, -0.2) is 23.3 Å². The van der Waals surface area contributed by atoms with Gasteiger partial charge in [0.2, 0.25) is 0 Å². The normalized spacial score (nSPS) is 15.0. The minimum absolute atomic E-state index is 0.153. The summed E-state index contributed by atoms with van der Waals surface area (Å²) >= 11 is 1.73. The van der Waals surface area contributed by atoms with Gasteiger partial charge >= 0.3 is 0 Å². The Hall–Kier alpha value is -1.07. The molecule has 0 bridgehead atoms. The maximum Gasteiger partial charge on any atom is 0.269 e. The van der Waals surface area contributed by atoms with Crippen molar-refractivity contribution in [2.75, 3.05) is 12.3 Å². The lowest BCUT2D eigenvalue weighted by atomic mass is 10.3. The van der Waals surface area contributed by atoms with Gasteiger partial charge in [0.25, 0.3) is 5.69 Å². The molecule has 1 saturated carbocycles. The number of hydrogen-bond acceptors (Lipinski definition) is 4. The van der Waals surface area contributed by atoms with Crippen LogP contribution in [0.1, 0.15) is 12.8 Å². The fourth-order valence-electron chi connectivity index (χ4n) is 1.38. The summed E-state index contributed by atoms with van der Waals surface area (Å²) in [6, 6.07) is 7.46. The number of benzene rings is 1. The summed E-state index contributed by atoms with van der Waals surface area (Å²) < 4.78 is 0. The van der Waals surface area contributed by atoms with Gasteiger partial charge in [-0.25, -0.2) is 0 Å². The number of hydrogen-bond donors (Lipinski definition) is 1. The van der Waals surface area contributed by atoms with Gasteiger partial charge in [0.05, 0.1) is 4.92 Å². The lowest BCUT2D eigenvalue weighted by Crippen LogP contribution is -2.18. The van der Waals surface area contributed by atoms with E-state index in [1.54, 1.807) is 36.0 Å². The topological polar surface area (TPSA) is 55.2 Å². The highest BCUT2D eigenvalue weighted by Gasteiger charge is 2.19. The zero-order chi connectivity index (χ0) is 11.4. The van der Waals surface area contributed by atoms with E-state index in [0.29, 0.717) is 0 Å². The summed E-state index contributed by atoms with van der Waals surface area (Å²) in [6.45, 7) is 1.01. The number of non-ortho nitro benzene ring substituents is 1. The fraction of sp³-hybridized carbons (Fsp3) is 0.455. The highest BCUT2D eigenvalue weighted by molar-refractivity contribution is 7.99. The molecule has 0 aliphatic heterocycles. The second kappa shape index (κ2) is 5.32. The second-order valence-corrected chi connectivity index (χ2v) is 5.00. The van der Waals surface area contributed by atoms with Crippen LogP contribution < -0.4 is 5.32 Å². The Morgan fingerprint density at radius 1 is 1.38 bits per heavy atom. The summed E-state index contributed by atoms with van der Waals surface area (Å²) in [5.41, 5.74) is 0.153. The van der Waals surface area contributed by atoms with Gasteiger partial charge in [0, 0.05) is 35.4 Å². The van der Waals surface area contributed by atoms with Crippen molar-refractivity contribution in [1.29, 1.82) is 0 Å². The highest BCUT2D eigenvalue weighted by Crippen LogP contribution is 2.22. The van der Waals surface area contributed by atoms with E-state index in [4.69, 9.17) is 0 Å². The minimum Gasteiger partial charge on any atom is -0.313 e. The zero-order valence-corrected chi connectivity index (χ0v) is 9.70. The van der Waals surface area contributed by atoms with Crippen molar-refractivity contribution in [3.63, 3.8) is 0 Å². The largest absolute Gasteiger partial charge is 0.313 e. The molecule has 1 N–H and O–H groups in total. The summed E-state index contributed by atoms with van der Waals surface area (Å²) in [5, 5.41) is 13.9. The molecular formula is C11H14N2O2S. The lowest BCUT2D eigenvalue weighted by molar-refractivity contribution is -0.384. The van der Waals surface area contributed by atoms with Crippen LogP contribution in [0.4, 0.5) is 5.69 Å². The van der Waals surface area contributed by atoms with Crippen LogP contribution in [0.3, 0.4) is 0 Å². The predicted molar refractivity (Wildman–Crippen MR) is 64.8 cm³/mol. The van der Waals surface area contributed by atoms with Crippen LogP contribution >= 0.6 is 11.8 Å². The number of nitrogens with one attached hydrogen (secondary N) is 1. The van der Waals surface area contributed by atoms with E-state index in [2.05, 4.69) is 5.32 Å². The summed E-state index contributed by atoms with van der Waals surface area (Å²) in [6.07, 6.45) is 2.62. The number of nitrogens with zero attached hydrogens (tertiary/aromatic N) is 1. The Kier molecular flexibility index (Phi) is 3.79. The zero-order valence-electron chi connectivity index (χ0n) is 8.89. The molecule has 0 atom stereocenters. The Bertz CT molecular complexity index is 363. The first-order valence-corrected chi connectivity index (χ1v) is 6.35. The number of thioether (sulfide) groups is 1. The Morgan fingerprint density at radius 3 is 2.62 bits per heavy atom. The van der Waals surface area contributed by atoms with Gasteiger partial charge in [-0.1, -0.05) is 0 Å². The second-order valence-electron chi connectivity index (χ2n) is 3.83. The average molecular weight is 238 g/mol. The molecule has 0 saturated heterocycles. The van der Waals surface area contributed by atoms with Crippen molar-refractivity contribution >= 4 is 17.4 Å². The first-order chi connectivity index (χ1) is 7.75. The molecule has 1 aromatic rings. The fourth-order valence-corrected chi connectivity index (χ4v) is 2.17. The molecule has 16 heavy (non-hydrogen) atoms. The smallest absolute Gasteiger partial charge is 0.269 e. The van der Waals surface area contributed by atoms with Crippen LogP contribution in [-0.2, 0) is 0 Å². The molecule has 1 aliphatic rings. The van der Waals surface area contributed by atoms with E-state index < -0.39 is 0 Å². The third-order valence-corrected chi connectivity index (χ3v) is 3.44. The van der Waals surface area contributed by atoms with E-state index in [1.165, 1.54) is 12.8 Å². The molecule has 4 nitrogen and oxygen atoms in total. The van der Waals surface area contributed by atoms with Crippen LogP contribution in [0.2, 0.25) is 0 Å². The minimum atomic E-state index is -0.372. The third-order valence-electron chi connectivity index (χ3n) is 2.43. The van der Waals surface area contributed by atoms with Crippen molar-refractivity contribution in [2.45, 2.75) is 23.8 Å². The van der Waals surface area contributed by atoms with Gasteiger partial charge in [0.15, 0.2) is 0 Å². The number of rotatable bonds is 6. The predicted octanol–water partition coefficient (Wildman–Crippen LogP) is 2.44. The SMILES string of the molecule is O=[N+]([O-])c1ccc(SCCNC2CC2)cc1. The van der Waals surface area contributed by atoms with Crippen molar-refractivity contribution < 1.29 is 4.92 Å².